The molecule has 0 aromatic rings. The predicted octanol–water partition coefficient (Wildman–Crippen LogP) is 4.69. The maximum absolute atomic E-state index is 10.2. The van der Waals surface area contributed by atoms with E-state index < -0.39 is 14.4 Å². The van der Waals surface area contributed by atoms with Crippen LogP contribution in [0.2, 0.25) is 18.1 Å². The summed E-state index contributed by atoms with van der Waals surface area (Å²) >= 11 is 0. The lowest BCUT2D eigenvalue weighted by molar-refractivity contribution is 0.0275. The van der Waals surface area contributed by atoms with Crippen LogP contribution in [-0.2, 0) is 4.43 Å². The Morgan fingerprint density at radius 1 is 0.913 bits per heavy atom. The van der Waals surface area contributed by atoms with Gasteiger partial charge >= 0.3 is 0 Å². The first-order valence-corrected chi connectivity index (χ1v) is 12.2. The van der Waals surface area contributed by atoms with Crippen molar-refractivity contribution in [3.63, 3.8) is 0 Å². The zero-order valence-corrected chi connectivity index (χ0v) is 18.0. The van der Waals surface area contributed by atoms with Gasteiger partial charge in [-0.15, -0.1) is 0 Å². The molecule has 0 rings (SSSR count). The summed E-state index contributed by atoms with van der Waals surface area (Å²) in [6.45, 7) is 20.8. The molecule has 0 saturated heterocycles. The number of rotatable bonds is 10. The second kappa shape index (κ2) is 9.55. The first-order chi connectivity index (χ1) is 10.3. The highest BCUT2D eigenvalue weighted by molar-refractivity contribution is 6.74. The smallest absolute Gasteiger partial charge is 0.191 e. The largest absolute Gasteiger partial charge is 0.417 e. The van der Waals surface area contributed by atoms with E-state index in [1.807, 2.05) is 6.92 Å². The summed E-state index contributed by atoms with van der Waals surface area (Å²) in [5, 5.41) is 19.6. The van der Waals surface area contributed by atoms with E-state index in [9.17, 15) is 10.2 Å². The van der Waals surface area contributed by atoms with Crippen molar-refractivity contribution in [1.82, 2.24) is 0 Å². The summed E-state index contributed by atoms with van der Waals surface area (Å²) in [5.74, 6) is 1.28. The van der Waals surface area contributed by atoms with E-state index in [1.165, 1.54) is 0 Å². The summed E-state index contributed by atoms with van der Waals surface area (Å²) in [6.07, 6.45) is 1.70. The van der Waals surface area contributed by atoms with Crippen molar-refractivity contribution in [2.24, 2.45) is 23.7 Å². The van der Waals surface area contributed by atoms with Gasteiger partial charge < -0.3 is 14.6 Å². The molecular formula is C19H42O3Si. The second-order valence-corrected chi connectivity index (χ2v) is 14.2. The van der Waals surface area contributed by atoms with Crippen LogP contribution in [0.4, 0.5) is 0 Å². The first kappa shape index (κ1) is 23.1. The molecule has 0 aliphatic carbocycles. The molecule has 0 unspecified atom stereocenters. The maximum Gasteiger partial charge on any atom is 0.191 e. The standard InChI is InChI=1S/C19H42O3Si/c1-14(11-16(3)18(21)17(4)12-20)10-15(2)13-22-23(8,9)19(5,6)7/h14-18,20-21H,10-13H2,1-9H3/t14-,15+,16-,17-,18+/m0/s1. The van der Waals surface area contributed by atoms with Crippen LogP contribution in [0.5, 0.6) is 0 Å². The summed E-state index contributed by atoms with van der Waals surface area (Å²) in [4.78, 5) is 0. The molecule has 0 radical (unpaired) electrons. The lowest BCUT2D eigenvalue weighted by atomic mass is 9.84. The lowest BCUT2D eigenvalue weighted by Crippen LogP contribution is -2.41. The average Bonchev–Trinajstić information content (AvgIpc) is 2.42. The van der Waals surface area contributed by atoms with Crippen LogP contribution in [0, 0.1) is 23.7 Å². The summed E-state index contributed by atoms with van der Waals surface area (Å²) in [6, 6.07) is 0. The Bertz CT molecular complexity index is 325. The molecule has 5 atom stereocenters. The molecule has 3 nitrogen and oxygen atoms in total. The molecule has 0 aliphatic rings. The van der Waals surface area contributed by atoms with E-state index in [2.05, 4.69) is 54.6 Å². The number of hydrogen-bond acceptors (Lipinski definition) is 3. The van der Waals surface area contributed by atoms with Crippen LogP contribution < -0.4 is 0 Å². The van der Waals surface area contributed by atoms with Gasteiger partial charge in [0.1, 0.15) is 0 Å². The molecule has 0 saturated carbocycles. The van der Waals surface area contributed by atoms with Gasteiger partial charge in [0.05, 0.1) is 6.10 Å². The van der Waals surface area contributed by atoms with Gasteiger partial charge in [-0.2, -0.15) is 0 Å². The Morgan fingerprint density at radius 3 is 1.87 bits per heavy atom. The van der Waals surface area contributed by atoms with Crippen molar-refractivity contribution < 1.29 is 14.6 Å². The SMILES string of the molecule is C[C@@H](CO[Si](C)(C)C(C)(C)C)C[C@H](C)C[C@H](C)[C@@H](O)[C@@H](C)CO. The Hall–Kier alpha value is 0.0969. The lowest BCUT2D eigenvalue weighted by Gasteiger charge is -2.37. The Kier molecular flexibility index (Phi) is 9.59. The molecule has 0 heterocycles. The third-order valence-corrected chi connectivity index (χ3v) is 10.1. The molecule has 0 aliphatic heterocycles. The van der Waals surface area contributed by atoms with Crippen LogP contribution in [0.3, 0.4) is 0 Å². The Labute approximate surface area is 146 Å². The first-order valence-electron chi connectivity index (χ1n) is 9.24. The normalized spacial score (nSPS) is 20.0. The molecule has 23 heavy (non-hydrogen) atoms. The van der Waals surface area contributed by atoms with Gasteiger partial charge in [-0.05, 0) is 48.7 Å². The number of hydrogen-bond donors (Lipinski definition) is 2. The quantitative estimate of drug-likeness (QED) is 0.564. The molecular weight excluding hydrogens is 304 g/mol. The fourth-order valence-electron chi connectivity index (χ4n) is 2.86. The molecule has 4 heteroatoms. The minimum Gasteiger partial charge on any atom is -0.417 e. The molecule has 0 aromatic heterocycles. The van der Waals surface area contributed by atoms with E-state index in [-0.39, 0.29) is 23.5 Å². The van der Waals surface area contributed by atoms with E-state index in [0.717, 1.165) is 19.4 Å². The van der Waals surface area contributed by atoms with Gasteiger partial charge in [0.15, 0.2) is 8.32 Å². The van der Waals surface area contributed by atoms with Gasteiger partial charge in [0.25, 0.3) is 0 Å². The third-order valence-electron chi connectivity index (χ3n) is 5.57. The zero-order chi connectivity index (χ0) is 18.4. The fraction of sp³-hybridized carbons (Fsp3) is 1.00. The summed E-state index contributed by atoms with van der Waals surface area (Å²) < 4.78 is 6.32. The molecule has 0 fully saturated rings. The van der Waals surface area contributed by atoms with Crippen LogP contribution in [0.15, 0.2) is 0 Å². The highest BCUT2D eigenvalue weighted by atomic mass is 28.4. The predicted molar refractivity (Wildman–Crippen MR) is 102 cm³/mol. The molecule has 0 aromatic carbocycles. The molecule has 2 N–H and O–H groups in total. The minimum absolute atomic E-state index is 0.0449. The van der Waals surface area contributed by atoms with Gasteiger partial charge in [-0.1, -0.05) is 48.5 Å². The topological polar surface area (TPSA) is 49.7 Å². The van der Waals surface area contributed by atoms with Crippen molar-refractivity contribution in [2.75, 3.05) is 13.2 Å². The Morgan fingerprint density at radius 2 is 1.43 bits per heavy atom. The number of aliphatic hydroxyl groups is 2. The van der Waals surface area contributed by atoms with Crippen molar-refractivity contribution in [3.8, 4) is 0 Å². The van der Waals surface area contributed by atoms with E-state index >= 15 is 0 Å². The second-order valence-electron chi connectivity index (χ2n) is 9.38. The Balaban J connectivity index is 4.28. The van der Waals surface area contributed by atoms with Crippen LogP contribution in [-0.4, -0.2) is 37.8 Å². The monoisotopic (exact) mass is 346 g/mol. The fourth-order valence-corrected chi connectivity index (χ4v) is 4.00. The van der Waals surface area contributed by atoms with Gasteiger partial charge in [0, 0.05) is 19.1 Å². The van der Waals surface area contributed by atoms with Crippen LogP contribution in [0.1, 0.15) is 61.3 Å². The van der Waals surface area contributed by atoms with E-state index in [1.54, 1.807) is 0 Å². The van der Waals surface area contributed by atoms with Crippen molar-refractivity contribution in [1.29, 1.82) is 0 Å². The van der Waals surface area contributed by atoms with Crippen molar-refractivity contribution in [2.45, 2.75) is 85.5 Å². The third kappa shape index (κ3) is 8.15. The van der Waals surface area contributed by atoms with Crippen LogP contribution >= 0.6 is 0 Å². The molecule has 140 valence electrons. The molecule has 0 bridgehead atoms. The minimum atomic E-state index is -1.66. The molecule has 0 amide bonds. The number of aliphatic hydroxyl groups excluding tert-OH is 2. The molecule has 0 spiro atoms. The summed E-state index contributed by atoms with van der Waals surface area (Å²) in [5.41, 5.74) is 0. The van der Waals surface area contributed by atoms with Gasteiger partial charge in [0.2, 0.25) is 0 Å². The van der Waals surface area contributed by atoms with Crippen molar-refractivity contribution in [3.05, 3.63) is 0 Å². The van der Waals surface area contributed by atoms with Crippen molar-refractivity contribution >= 4 is 8.32 Å². The van der Waals surface area contributed by atoms with Gasteiger partial charge in [-0.25, -0.2) is 0 Å². The highest BCUT2D eigenvalue weighted by Crippen LogP contribution is 2.37. The van der Waals surface area contributed by atoms with Gasteiger partial charge in [-0.3, -0.25) is 0 Å². The average molecular weight is 347 g/mol. The van der Waals surface area contributed by atoms with E-state index in [4.69, 9.17) is 4.43 Å². The summed E-state index contributed by atoms with van der Waals surface area (Å²) in [7, 11) is -1.66. The zero-order valence-electron chi connectivity index (χ0n) is 17.0. The maximum atomic E-state index is 10.2. The van der Waals surface area contributed by atoms with E-state index in [0.29, 0.717) is 11.8 Å². The highest BCUT2D eigenvalue weighted by Gasteiger charge is 2.37. The van der Waals surface area contributed by atoms with Crippen LogP contribution in [0.25, 0.3) is 0 Å².